The number of piperidine rings is 1. The lowest BCUT2D eigenvalue weighted by atomic mass is 9.91. The molecule has 27 heavy (non-hydrogen) atoms. The molecule has 4 rings (SSSR count). The third-order valence-corrected chi connectivity index (χ3v) is 5.77. The number of rotatable bonds is 6. The number of benzene rings is 1. The van der Waals surface area contributed by atoms with E-state index in [1.165, 1.54) is 30.7 Å². The molecule has 1 atom stereocenters. The molecular formula is C21H26F3N3. The van der Waals surface area contributed by atoms with Gasteiger partial charge in [-0.3, -0.25) is 4.90 Å². The Balaban J connectivity index is 1.32. The highest BCUT2D eigenvalue weighted by Gasteiger charge is 2.30. The summed E-state index contributed by atoms with van der Waals surface area (Å²) in [6, 6.07) is 6.42. The molecule has 0 radical (unpaired) electrons. The monoisotopic (exact) mass is 377 g/mol. The number of hydrogen-bond acceptors (Lipinski definition) is 2. The number of nitrogens with zero attached hydrogens (tertiary/aromatic N) is 3. The van der Waals surface area contributed by atoms with Crippen LogP contribution in [0.3, 0.4) is 0 Å². The van der Waals surface area contributed by atoms with Crippen molar-refractivity contribution in [1.82, 2.24) is 14.5 Å². The molecule has 2 aromatic rings. The van der Waals surface area contributed by atoms with Crippen LogP contribution in [0.5, 0.6) is 0 Å². The van der Waals surface area contributed by atoms with E-state index in [1.54, 1.807) is 0 Å². The normalized spacial score (nSPS) is 21.5. The molecule has 146 valence electrons. The van der Waals surface area contributed by atoms with Crippen molar-refractivity contribution in [3.8, 4) is 0 Å². The first-order chi connectivity index (χ1) is 13.0. The molecule has 2 aliphatic rings. The number of aryl methyl sites for hydroxylation is 1. The van der Waals surface area contributed by atoms with Gasteiger partial charge in [0.25, 0.3) is 0 Å². The lowest BCUT2D eigenvalue weighted by molar-refractivity contribution is -0.137. The van der Waals surface area contributed by atoms with Crippen LogP contribution in [-0.2, 0) is 19.1 Å². The zero-order valence-electron chi connectivity index (χ0n) is 15.5. The van der Waals surface area contributed by atoms with Gasteiger partial charge in [0.2, 0.25) is 0 Å². The van der Waals surface area contributed by atoms with E-state index >= 15 is 0 Å². The van der Waals surface area contributed by atoms with Crippen molar-refractivity contribution >= 4 is 0 Å². The molecular weight excluding hydrogens is 351 g/mol. The first-order valence-electron chi connectivity index (χ1n) is 9.88. The zero-order valence-corrected chi connectivity index (χ0v) is 15.5. The van der Waals surface area contributed by atoms with E-state index in [1.807, 2.05) is 18.6 Å². The highest BCUT2D eigenvalue weighted by molar-refractivity contribution is 5.25. The summed E-state index contributed by atoms with van der Waals surface area (Å²) in [6.45, 7) is 3.04. The predicted octanol–water partition coefficient (Wildman–Crippen LogP) is 5.08. The van der Waals surface area contributed by atoms with E-state index in [0.717, 1.165) is 50.5 Å². The second kappa shape index (κ2) is 7.66. The molecule has 1 aliphatic heterocycles. The number of aromatic nitrogens is 2. The van der Waals surface area contributed by atoms with Crippen molar-refractivity contribution in [3.63, 3.8) is 0 Å². The second-order valence-electron chi connectivity index (χ2n) is 8.00. The summed E-state index contributed by atoms with van der Waals surface area (Å²) in [7, 11) is 0. The average molecular weight is 377 g/mol. The Hall–Kier alpha value is -1.82. The van der Waals surface area contributed by atoms with Gasteiger partial charge in [-0.25, -0.2) is 4.98 Å². The van der Waals surface area contributed by atoms with Crippen molar-refractivity contribution in [3.05, 3.63) is 53.6 Å². The van der Waals surface area contributed by atoms with Gasteiger partial charge in [0.05, 0.1) is 17.6 Å². The topological polar surface area (TPSA) is 21.1 Å². The van der Waals surface area contributed by atoms with Crippen LogP contribution in [0.2, 0.25) is 0 Å². The smallest absolute Gasteiger partial charge is 0.330 e. The number of hydrogen-bond donors (Lipinski definition) is 0. The maximum absolute atomic E-state index is 12.9. The molecule has 0 amide bonds. The molecule has 3 nitrogen and oxygen atoms in total. The van der Waals surface area contributed by atoms with Gasteiger partial charge in [0.1, 0.15) is 0 Å². The van der Waals surface area contributed by atoms with E-state index < -0.39 is 11.7 Å². The van der Waals surface area contributed by atoms with Gasteiger partial charge in [0, 0.05) is 25.3 Å². The summed E-state index contributed by atoms with van der Waals surface area (Å²) in [5, 5.41) is 0. The van der Waals surface area contributed by atoms with Crippen molar-refractivity contribution in [2.75, 3.05) is 13.1 Å². The fraction of sp³-hybridized carbons (Fsp3) is 0.571. The maximum atomic E-state index is 12.9. The van der Waals surface area contributed by atoms with Crippen LogP contribution < -0.4 is 0 Å². The Morgan fingerprint density at radius 1 is 1.15 bits per heavy atom. The molecule has 0 spiro atoms. The molecule has 1 saturated heterocycles. The third-order valence-electron chi connectivity index (χ3n) is 5.77. The van der Waals surface area contributed by atoms with Crippen LogP contribution in [0.15, 0.2) is 36.8 Å². The minimum absolute atomic E-state index is 0.543. The number of likely N-dealkylation sites (tertiary alicyclic amines) is 1. The standard InChI is InChI=1S/C21H26F3N3/c22-21(23,24)18-5-1-3-16(11-18)6-7-17-4-2-10-26(13-17)14-20-12-25-15-27(20)19-8-9-19/h1,3,5,11-12,15,17,19H,2,4,6-10,13-14H2/t17-/m1/s1. The Kier molecular flexibility index (Phi) is 5.26. The predicted molar refractivity (Wildman–Crippen MR) is 98.3 cm³/mol. The number of alkyl halides is 3. The highest BCUT2D eigenvalue weighted by Crippen LogP contribution is 2.36. The Bertz CT molecular complexity index is 764. The highest BCUT2D eigenvalue weighted by atomic mass is 19.4. The van der Waals surface area contributed by atoms with Gasteiger partial charge in [-0.05, 0) is 62.6 Å². The zero-order chi connectivity index (χ0) is 18.9. The largest absolute Gasteiger partial charge is 0.416 e. The van der Waals surface area contributed by atoms with Gasteiger partial charge < -0.3 is 4.57 Å². The lowest BCUT2D eigenvalue weighted by Gasteiger charge is -2.33. The van der Waals surface area contributed by atoms with Crippen LogP contribution >= 0.6 is 0 Å². The molecule has 6 heteroatoms. The molecule has 2 fully saturated rings. The van der Waals surface area contributed by atoms with Crippen LogP contribution in [-0.4, -0.2) is 27.5 Å². The second-order valence-corrected chi connectivity index (χ2v) is 8.00. The first-order valence-corrected chi connectivity index (χ1v) is 9.88. The van der Waals surface area contributed by atoms with Gasteiger partial charge in [-0.15, -0.1) is 0 Å². The molecule has 1 aromatic heterocycles. The van der Waals surface area contributed by atoms with Gasteiger partial charge in [-0.1, -0.05) is 18.2 Å². The lowest BCUT2D eigenvalue weighted by Crippen LogP contribution is -2.35. The molecule has 0 unspecified atom stereocenters. The minimum Gasteiger partial charge on any atom is -0.330 e. The van der Waals surface area contributed by atoms with Crippen LogP contribution in [0.1, 0.15) is 55.0 Å². The van der Waals surface area contributed by atoms with Crippen molar-refractivity contribution in [2.45, 2.75) is 57.3 Å². The minimum atomic E-state index is -4.26. The molecule has 1 aromatic carbocycles. The van der Waals surface area contributed by atoms with Gasteiger partial charge in [-0.2, -0.15) is 13.2 Å². The number of halogens is 3. The van der Waals surface area contributed by atoms with Crippen LogP contribution in [0.4, 0.5) is 13.2 Å². The van der Waals surface area contributed by atoms with Gasteiger partial charge >= 0.3 is 6.18 Å². The van der Waals surface area contributed by atoms with E-state index in [2.05, 4.69) is 14.5 Å². The average Bonchev–Trinajstić information content (AvgIpc) is 3.39. The molecule has 1 aliphatic carbocycles. The number of imidazole rings is 1. The van der Waals surface area contributed by atoms with Crippen molar-refractivity contribution < 1.29 is 13.2 Å². The summed E-state index contributed by atoms with van der Waals surface area (Å²) in [6.07, 6.45) is 6.14. The van der Waals surface area contributed by atoms with Crippen LogP contribution in [0.25, 0.3) is 0 Å². The van der Waals surface area contributed by atoms with Crippen molar-refractivity contribution in [2.24, 2.45) is 5.92 Å². The first kappa shape index (κ1) is 18.5. The maximum Gasteiger partial charge on any atom is 0.416 e. The summed E-state index contributed by atoms with van der Waals surface area (Å²) < 4.78 is 40.9. The Morgan fingerprint density at radius 3 is 2.78 bits per heavy atom. The Morgan fingerprint density at radius 2 is 2.00 bits per heavy atom. The molecule has 2 heterocycles. The summed E-state index contributed by atoms with van der Waals surface area (Å²) in [4.78, 5) is 6.80. The summed E-state index contributed by atoms with van der Waals surface area (Å²) >= 11 is 0. The van der Waals surface area contributed by atoms with Crippen LogP contribution in [0, 0.1) is 5.92 Å². The fourth-order valence-corrected chi connectivity index (χ4v) is 4.17. The molecule has 1 saturated carbocycles. The Labute approximate surface area is 158 Å². The summed E-state index contributed by atoms with van der Waals surface area (Å²) in [5.41, 5.74) is 1.53. The summed E-state index contributed by atoms with van der Waals surface area (Å²) in [5.74, 6) is 0.547. The molecule has 0 bridgehead atoms. The quantitative estimate of drug-likeness (QED) is 0.700. The van der Waals surface area contributed by atoms with Gasteiger partial charge in [0.15, 0.2) is 0 Å². The third kappa shape index (κ3) is 4.72. The van der Waals surface area contributed by atoms with E-state index in [-0.39, 0.29) is 0 Å². The van der Waals surface area contributed by atoms with Crippen molar-refractivity contribution in [1.29, 1.82) is 0 Å². The van der Waals surface area contributed by atoms with E-state index in [9.17, 15) is 13.2 Å². The molecule has 0 N–H and O–H groups in total. The van der Waals surface area contributed by atoms with E-state index in [4.69, 9.17) is 0 Å². The SMILES string of the molecule is FC(F)(F)c1cccc(CC[C@H]2CCCN(Cc3cncn3C3CC3)C2)c1. The van der Waals surface area contributed by atoms with E-state index in [0.29, 0.717) is 18.4 Å². The fourth-order valence-electron chi connectivity index (χ4n) is 4.17.